The summed E-state index contributed by atoms with van der Waals surface area (Å²) in [5.41, 5.74) is 1.28. The molecule has 1 aliphatic rings. The molecule has 1 aliphatic heterocycles. The van der Waals surface area contributed by atoms with Crippen LogP contribution in [-0.4, -0.2) is 16.8 Å². The van der Waals surface area contributed by atoms with E-state index < -0.39 is 0 Å². The van der Waals surface area contributed by atoms with Crippen molar-refractivity contribution in [2.24, 2.45) is 0 Å². The van der Waals surface area contributed by atoms with Gasteiger partial charge in [-0.2, -0.15) is 0 Å². The van der Waals surface area contributed by atoms with Gasteiger partial charge in [-0.05, 0) is 6.07 Å². The van der Waals surface area contributed by atoms with Gasteiger partial charge in [0.25, 0.3) is 5.91 Å². The second kappa shape index (κ2) is 1.95. The second-order valence-corrected chi connectivity index (χ2v) is 2.42. The summed E-state index contributed by atoms with van der Waals surface area (Å²) in [4.78, 5) is 24.6. The molecule has 2 heterocycles. The number of rotatable bonds is 0. The molecule has 0 aromatic carbocycles. The molecule has 0 fully saturated rings. The van der Waals surface area contributed by atoms with E-state index >= 15 is 0 Å². The van der Waals surface area contributed by atoms with Gasteiger partial charge in [0.1, 0.15) is 0 Å². The largest absolute Gasteiger partial charge is 0.364 e. The molecule has 56 valence electrons. The Morgan fingerprint density at radius 3 is 3.00 bits per heavy atom. The first kappa shape index (κ1) is 6.15. The van der Waals surface area contributed by atoms with Crippen LogP contribution in [0.15, 0.2) is 12.3 Å². The quantitative estimate of drug-likeness (QED) is 0.504. The van der Waals surface area contributed by atoms with Gasteiger partial charge in [-0.25, -0.2) is 0 Å². The number of amides is 2. The number of aromatic nitrogens is 1. The zero-order valence-electron chi connectivity index (χ0n) is 5.68. The Morgan fingerprint density at radius 2 is 2.18 bits per heavy atom. The van der Waals surface area contributed by atoms with E-state index in [9.17, 15) is 9.59 Å². The molecule has 4 heteroatoms. The van der Waals surface area contributed by atoms with Gasteiger partial charge in [0.05, 0.1) is 12.0 Å². The molecule has 0 saturated carbocycles. The molecule has 0 spiro atoms. The van der Waals surface area contributed by atoms with Crippen LogP contribution in [0.25, 0.3) is 0 Å². The highest BCUT2D eigenvalue weighted by Crippen LogP contribution is 2.10. The minimum absolute atomic E-state index is 0.245. The lowest BCUT2D eigenvalue weighted by atomic mass is 10.1. The summed E-state index contributed by atoms with van der Waals surface area (Å²) in [6.45, 7) is 0. The zero-order valence-corrected chi connectivity index (χ0v) is 5.68. The summed E-state index contributed by atoms with van der Waals surface area (Å²) in [5.74, 6) is -0.553. The Labute approximate surface area is 62.6 Å². The predicted octanol–water partition coefficient (Wildman–Crippen LogP) is -0.173. The number of carbonyl (C=O) groups is 2. The van der Waals surface area contributed by atoms with Gasteiger partial charge in [0.15, 0.2) is 0 Å². The number of hydrogen-bond acceptors (Lipinski definition) is 2. The number of imide groups is 1. The van der Waals surface area contributed by atoms with Gasteiger partial charge in [-0.3, -0.25) is 14.9 Å². The van der Waals surface area contributed by atoms with E-state index in [2.05, 4.69) is 10.3 Å². The Bertz CT molecular complexity index is 327. The number of hydrogen-bond donors (Lipinski definition) is 2. The third-order valence-corrected chi connectivity index (χ3v) is 1.67. The van der Waals surface area contributed by atoms with Crippen LogP contribution in [0.4, 0.5) is 0 Å². The average Bonchev–Trinajstić information content (AvgIpc) is 2.34. The van der Waals surface area contributed by atoms with E-state index in [1.54, 1.807) is 12.3 Å². The number of H-pyrrole nitrogens is 1. The minimum atomic E-state index is -0.308. The highest BCUT2D eigenvalue weighted by molar-refractivity contribution is 6.09. The van der Waals surface area contributed by atoms with E-state index in [1.807, 2.05) is 0 Å². The molecule has 0 radical (unpaired) electrons. The number of nitrogens with one attached hydrogen (secondary N) is 2. The van der Waals surface area contributed by atoms with Crippen molar-refractivity contribution in [2.45, 2.75) is 6.42 Å². The molecule has 1 aromatic heterocycles. The Balaban J connectivity index is 2.52. The Hall–Kier alpha value is -1.58. The molecule has 0 aliphatic carbocycles. The third-order valence-electron chi connectivity index (χ3n) is 1.67. The SMILES string of the molecule is O=C1Cc2[nH]ccc2C(=O)N1. The molecule has 0 unspecified atom stereocenters. The van der Waals surface area contributed by atoms with E-state index in [4.69, 9.17) is 0 Å². The first-order chi connectivity index (χ1) is 5.27. The second-order valence-electron chi connectivity index (χ2n) is 2.42. The molecule has 2 amide bonds. The highest BCUT2D eigenvalue weighted by Gasteiger charge is 2.22. The lowest BCUT2D eigenvalue weighted by molar-refractivity contribution is -0.119. The molecule has 2 rings (SSSR count). The van der Waals surface area contributed by atoms with Crippen LogP contribution < -0.4 is 5.32 Å². The van der Waals surface area contributed by atoms with Crippen molar-refractivity contribution in [3.63, 3.8) is 0 Å². The molecule has 1 aromatic rings. The summed E-state index contributed by atoms with van der Waals surface area (Å²) >= 11 is 0. The van der Waals surface area contributed by atoms with Gasteiger partial charge >= 0.3 is 0 Å². The van der Waals surface area contributed by atoms with Crippen LogP contribution in [0.1, 0.15) is 16.1 Å². The topological polar surface area (TPSA) is 62.0 Å². The van der Waals surface area contributed by atoms with E-state index in [0.29, 0.717) is 11.3 Å². The number of carbonyl (C=O) groups excluding carboxylic acids is 2. The van der Waals surface area contributed by atoms with Crippen molar-refractivity contribution < 1.29 is 9.59 Å². The summed E-state index contributed by atoms with van der Waals surface area (Å²) < 4.78 is 0. The molecule has 0 saturated heterocycles. The lowest BCUT2D eigenvalue weighted by Crippen LogP contribution is -2.36. The Kier molecular flexibility index (Phi) is 1.09. The number of fused-ring (bicyclic) bond motifs is 1. The fourth-order valence-corrected chi connectivity index (χ4v) is 1.16. The van der Waals surface area contributed by atoms with Crippen molar-refractivity contribution in [1.82, 2.24) is 10.3 Å². The molecular weight excluding hydrogens is 144 g/mol. The maximum Gasteiger partial charge on any atom is 0.259 e. The third kappa shape index (κ3) is 0.832. The van der Waals surface area contributed by atoms with Crippen LogP contribution >= 0.6 is 0 Å². The minimum Gasteiger partial charge on any atom is -0.364 e. The van der Waals surface area contributed by atoms with E-state index in [1.165, 1.54) is 0 Å². The average molecular weight is 150 g/mol. The standard InChI is InChI=1S/C7H6N2O2/c10-6-3-5-4(1-2-8-5)7(11)9-6/h1-2,8H,3H2,(H,9,10,11). The monoisotopic (exact) mass is 150 g/mol. The van der Waals surface area contributed by atoms with Crippen molar-refractivity contribution in [3.8, 4) is 0 Å². The molecule has 0 bridgehead atoms. The smallest absolute Gasteiger partial charge is 0.259 e. The maximum atomic E-state index is 11.0. The van der Waals surface area contributed by atoms with E-state index in [0.717, 1.165) is 0 Å². The molecule has 4 nitrogen and oxygen atoms in total. The maximum absolute atomic E-state index is 11.0. The van der Waals surface area contributed by atoms with Crippen LogP contribution in [0.5, 0.6) is 0 Å². The summed E-state index contributed by atoms with van der Waals surface area (Å²) in [6.07, 6.45) is 1.93. The van der Waals surface area contributed by atoms with Crippen molar-refractivity contribution >= 4 is 11.8 Å². The first-order valence-corrected chi connectivity index (χ1v) is 3.28. The first-order valence-electron chi connectivity index (χ1n) is 3.28. The van der Waals surface area contributed by atoms with Crippen LogP contribution in [-0.2, 0) is 11.2 Å². The van der Waals surface area contributed by atoms with Crippen molar-refractivity contribution in [3.05, 3.63) is 23.5 Å². The number of aromatic amines is 1. The van der Waals surface area contributed by atoms with Gasteiger partial charge < -0.3 is 4.98 Å². The fourth-order valence-electron chi connectivity index (χ4n) is 1.16. The molecular formula is C7H6N2O2. The van der Waals surface area contributed by atoms with Crippen molar-refractivity contribution in [1.29, 1.82) is 0 Å². The normalized spacial score (nSPS) is 16.0. The molecule has 11 heavy (non-hydrogen) atoms. The summed E-state index contributed by atoms with van der Waals surface area (Å²) in [7, 11) is 0. The van der Waals surface area contributed by atoms with E-state index in [-0.39, 0.29) is 18.2 Å². The van der Waals surface area contributed by atoms with Gasteiger partial charge in [0, 0.05) is 11.9 Å². The Morgan fingerprint density at radius 1 is 1.36 bits per heavy atom. The molecule has 0 atom stereocenters. The van der Waals surface area contributed by atoms with Gasteiger partial charge in [-0.15, -0.1) is 0 Å². The molecule has 2 N–H and O–H groups in total. The summed E-state index contributed by atoms with van der Waals surface area (Å²) in [6, 6.07) is 1.66. The highest BCUT2D eigenvalue weighted by atomic mass is 16.2. The fraction of sp³-hybridized carbons (Fsp3) is 0.143. The van der Waals surface area contributed by atoms with Crippen LogP contribution in [0.3, 0.4) is 0 Å². The zero-order chi connectivity index (χ0) is 7.84. The van der Waals surface area contributed by atoms with Gasteiger partial charge in [0.2, 0.25) is 5.91 Å². The van der Waals surface area contributed by atoms with Crippen LogP contribution in [0.2, 0.25) is 0 Å². The summed E-state index contributed by atoms with van der Waals surface area (Å²) in [5, 5.41) is 2.22. The lowest BCUT2D eigenvalue weighted by Gasteiger charge is -2.09. The van der Waals surface area contributed by atoms with Crippen molar-refractivity contribution in [2.75, 3.05) is 0 Å². The predicted molar refractivity (Wildman–Crippen MR) is 37.0 cm³/mol. The van der Waals surface area contributed by atoms with Crippen LogP contribution in [0, 0.1) is 0 Å². The van der Waals surface area contributed by atoms with Gasteiger partial charge in [-0.1, -0.05) is 0 Å².